The van der Waals surface area contributed by atoms with Gasteiger partial charge in [-0.05, 0) is 25.1 Å². The van der Waals surface area contributed by atoms with Crippen molar-refractivity contribution >= 4 is 5.97 Å². The fourth-order valence-electron chi connectivity index (χ4n) is 2.43. The van der Waals surface area contributed by atoms with Gasteiger partial charge in [0.25, 0.3) is 0 Å². The summed E-state index contributed by atoms with van der Waals surface area (Å²) in [6.07, 6.45) is 2.61. The van der Waals surface area contributed by atoms with E-state index in [1.165, 1.54) is 13.3 Å². The van der Waals surface area contributed by atoms with Crippen LogP contribution in [-0.4, -0.2) is 48.5 Å². The number of likely N-dealkylation sites (tertiary alicyclic amines) is 1. The van der Waals surface area contributed by atoms with Crippen molar-refractivity contribution < 1.29 is 18.3 Å². The Kier molecular flexibility index (Phi) is 5.22. The van der Waals surface area contributed by atoms with Gasteiger partial charge in [-0.15, -0.1) is 0 Å². The molecular weight excluding hydrogens is 278 g/mol. The van der Waals surface area contributed by atoms with Crippen LogP contribution in [-0.2, 0) is 11.2 Å². The van der Waals surface area contributed by atoms with E-state index in [0.29, 0.717) is 38.0 Å². The summed E-state index contributed by atoms with van der Waals surface area (Å²) >= 11 is 0. The second kappa shape index (κ2) is 6.93. The number of aromatic nitrogens is 1. The summed E-state index contributed by atoms with van der Waals surface area (Å²) in [4.78, 5) is 17.5. The molecule has 0 atom stereocenters. The highest BCUT2D eigenvalue weighted by Crippen LogP contribution is 2.27. The van der Waals surface area contributed by atoms with Crippen LogP contribution in [0, 0.1) is 0 Å². The molecule has 0 N–H and O–H groups in total. The average molecular weight is 298 g/mol. The number of pyridine rings is 1. The number of methoxy groups -OCH3 is 1. The number of carbonyl (C=O) groups is 1. The van der Waals surface area contributed by atoms with Crippen LogP contribution in [0.15, 0.2) is 18.3 Å². The normalized spacial score (nSPS) is 19.0. The molecule has 1 aromatic rings. The smallest absolute Gasteiger partial charge is 0.339 e. The van der Waals surface area contributed by atoms with E-state index in [9.17, 15) is 13.6 Å². The molecule has 1 aliphatic rings. The van der Waals surface area contributed by atoms with Crippen LogP contribution in [0.3, 0.4) is 0 Å². The van der Waals surface area contributed by atoms with Gasteiger partial charge in [0.2, 0.25) is 5.92 Å². The highest BCUT2D eigenvalue weighted by Gasteiger charge is 2.31. The molecule has 6 heteroatoms. The molecule has 1 fully saturated rings. The van der Waals surface area contributed by atoms with Crippen LogP contribution in [0.25, 0.3) is 0 Å². The summed E-state index contributed by atoms with van der Waals surface area (Å²) in [7, 11) is 1.32. The quantitative estimate of drug-likeness (QED) is 0.801. The van der Waals surface area contributed by atoms with Crippen molar-refractivity contribution in [3.8, 4) is 0 Å². The Hall–Kier alpha value is -1.56. The van der Waals surface area contributed by atoms with Gasteiger partial charge >= 0.3 is 5.97 Å². The zero-order chi connectivity index (χ0) is 15.3. The van der Waals surface area contributed by atoms with Gasteiger partial charge in [-0.3, -0.25) is 4.98 Å². The maximum absolute atomic E-state index is 13.3. The largest absolute Gasteiger partial charge is 0.465 e. The van der Waals surface area contributed by atoms with Crippen molar-refractivity contribution in [3.05, 3.63) is 29.6 Å². The standard InChI is InChI=1S/C15H20F2N2O2/c1-21-14(20)12-3-4-13(18-11-12)5-9-19-8-2-6-15(16,17)7-10-19/h3-4,11H,2,5-10H2,1H3. The number of hydrogen-bond donors (Lipinski definition) is 0. The summed E-state index contributed by atoms with van der Waals surface area (Å²) in [6.45, 7) is 1.84. The third-order valence-electron chi connectivity index (χ3n) is 3.74. The second-order valence-electron chi connectivity index (χ2n) is 5.33. The van der Waals surface area contributed by atoms with Gasteiger partial charge in [0.15, 0.2) is 0 Å². The minimum Gasteiger partial charge on any atom is -0.465 e. The predicted octanol–water partition coefficient (Wildman–Crippen LogP) is 2.53. The first-order valence-corrected chi connectivity index (χ1v) is 7.13. The van der Waals surface area contributed by atoms with Crippen LogP contribution in [0.5, 0.6) is 0 Å². The number of carbonyl (C=O) groups excluding carboxylic acids is 1. The van der Waals surface area contributed by atoms with Gasteiger partial charge in [0, 0.05) is 44.2 Å². The zero-order valence-electron chi connectivity index (χ0n) is 12.1. The minimum absolute atomic E-state index is 0.0183. The number of nitrogens with zero attached hydrogens (tertiary/aromatic N) is 2. The molecule has 0 spiro atoms. The maximum atomic E-state index is 13.3. The van der Waals surface area contributed by atoms with E-state index >= 15 is 0 Å². The van der Waals surface area contributed by atoms with E-state index in [0.717, 1.165) is 5.69 Å². The van der Waals surface area contributed by atoms with E-state index in [1.54, 1.807) is 12.1 Å². The lowest BCUT2D eigenvalue weighted by Gasteiger charge is -2.19. The number of alkyl halides is 2. The molecule has 0 amide bonds. The Balaban J connectivity index is 1.84. The molecule has 2 heterocycles. The summed E-state index contributed by atoms with van der Waals surface area (Å²) in [5.74, 6) is -2.93. The monoisotopic (exact) mass is 298 g/mol. The van der Waals surface area contributed by atoms with E-state index in [-0.39, 0.29) is 12.8 Å². The summed E-state index contributed by atoms with van der Waals surface area (Å²) in [5, 5.41) is 0. The van der Waals surface area contributed by atoms with Crippen LogP contribution in [0.4, 0.5) is 8.78 Å². The lowest BCUT2D eigenvalue weighted by Crippen LogP contribution is -2.28. The molecule has 0 bridgehead atoms. The highest BCUT2D eigenvalue weighted by atomic mass is 19.3. The molecule has 2 rings (SSSR count). The Morgan fingerprint density at radius 1 is 1.38 bits per heavy atom. The lowest BCUT2D eigenvalue weighted by molar-refractivity contribution is -0.0130. The molecule has 1 aromatic heterocycles. The molecule has 1 aliphatic heterocycles. The SMILES string of the molecule is COC(=O)c1ccc(CCN2CCCC(F)(F)CC2)nc1. The van der Waals surface area contributed by atoms with Crippen LogP contribution in [0.1, 0.15) is 35.3 Å². The van der Waals surface area contributed by atoms with Gasteiger partial charge in [0.1, 0.15) is 0 Å². The van der Waals surface area contributed by atoms with Crippen molar-refractivity contribution in [1.29, 1.82) is 0 Å². The summed E-state index contributed by atoms with van der Waals surface area (Å²) in [6, 6.07) is 3.45. The maximum Gasteiger partial charge on any atom is 0.339 e. The first kappa shape index (κ1) is 15.8. The van der Waals surface area contributed by atoms with Crippen LogP contribution < -0.4 is 0 Å². The first-order chi connectivity index (χ1) is 10.00. The average Bonchev–Trinajstić information content (AvgIpc) is 2.65. The molecule has 0 saturated carbocycles. The topological polar surface area (TPSA) is 42.4 Å². The molecule has 4 nitrogen and oxygen atoms in total. The molecule has 0 aromatic carbocycles. The van der Waals surface area contributed by atoms with Crippen molar-refractivity contribution in [2.75, 3.05) is 26.7 Å². The second-order valence-corrected chi connectivity index (χ2v) is 5.33. The lowest BCUT2D eigenvalue weighted by atomic mass is 10.1. The zero-order valence-corrected chi connectivity index (χ0v) is 12.1. The minimum atomic E-state index is -2.52. The number of hydrogen-bond acceptors (Lipinski definition) is 4. The molecule has 116 valence electrons. The Bertz CT molecular complexity index is 477. The Morgan fingerprint density at radius 2 is 2.19 bits per heavy atom. The molecule has 0 unspecified atom stereocenters. The van der Waals surface area contributed by atoms with Gasteiger partial charge in [-0.2, -0.15) is 0 Å². The molecular formula is C15H20F2N2O2. The van der Waals surface area contributed by atoms with Crippen molar-refractivity contribution in [1.82, 2.24) is 9.88 Å². The van der Waals surface area contributed by atoms with Crippen LogP contribution >= 0.6 is 0 Å². The fraction of sp³-hybridized carbons (Fsp3) is 0.600. The third-order valence-corrected chi connectivity index (χ3v) is 3.74. The predicted molar refractivity (Wildman–Crippen MR) is 74.5 cm³/mol. The van der Waals surface area contributed by atoms with Gasteiger partial charge in [0.05, 0.1) is 12.7 Å². The Labute approximate surface area is 123 Å². The number of halogens is 2. The van der Waals surface area contributed by atoms with E-state index in [4.69, 9.17) is 0 Å². The van der Waals surface area contributed by atoms with E-state index < -0.39 is 11.9 Å². The molecule has 0 radical (unpaired) electrons. The molecule has 21 heavy (non-hydrogen) atoms. The Morgan fingerprint density at radius 3 is 2.86 bits per heavy atom. The fourth-order valence-corrected chi connectivity index (χ4v) is 2.43. The van der Waals surface area contributed by atoms with Gasteiger partial charge < -0.3 is 9.64 Å². The number of esters is 1. The highest BCUT2D eigenvalue weighted by molar-refractivity contribution is 5.88. The van der Waals surface area contributed by atoms with E-state index in [1.807, 2.05) is 0 Å². The van der Waals surface area contributed by atoms with Crippen molar-refractivity contribution in [2.24, 2.45) is 0 Å². The molecule has 0 aliphatic carbocycles. The van der Waals surface area contributed by atoms with E-state index in [2.05, 4.69) is 14.6 Å². The number of rotatable bonds is 4. The molecule has 1 saturated heterocycles. The van der Waals surface area contributed by atoms with Crippen LogP contribution in [0.2, 0.25) is 0 Å². The van der Waals surface area contributed by atoms with Gasteiger partial charge in [-0.25, -0.2) is 13.6 Å². The first-order valence-electron chi connectivity index (χ1n) is 7.13. The summed E-state index contributed by atoms with van der Waals surface area (Å²) in [5.41, 5.74) is 1.26. The summed E-state index contributed by atoms with van der Waals surface area (Å²) < 4.78 is 31.2. The van der Waals surface area contributed by atoms with Gasteiger partial charge in [-0.1, -0.05) is 0 Å². The number of ether oxygens (including phenoxy) is 1. The van der Waals surface area contributed by atoms with Crippen molar-refractivity contribution in [3.63, 3.8) is 0 Å². The van der Waals surface area contributed by atoms with Crippen molar-refractivity contribution in [2.45, 2.75) is 31.6 Å². The third kappa shape index (κ3) is 4.74.